The fourth-order valence-electron chi connectivity index (χ4n) is 1.71. The Labute approximate surface area is 90.1 Å². The molecular formula is C9H17NO4S. The lowest BCUT2D eigenvalue weighted by molar-refractivity contribution is -0.143. The minimum Gasteiger partial charge on any atom is -0.468 e. The van der Waals surface area contributed by atoms with E-state index in [1.54, 1.807) is 0 Å². The number of hydrogen-bond acceptors (Lipinski definition) is 5. The Morgan fingerprint density at radius 1 is 1.60 bits per heavy atom. The molecule has 2 atom stereocenters. The molecule has 0 radical (unpaired) electrons. The topological polar surface area (TPSA) is 72.5 Å². The van der Waals surface area contributed by atoms with E-state index in [9.17, 15) is 13.2 Å². The molecule has 0 spiro atoms. The third kappa shape index (κ3) is 3.46. The molecule has 0 bridgehead atoms. The Kier molecular flexibility index (Phi) is 4.10. The first-order chi connectivity index (χ1) is 6.98. The van der Waals surface area contributed by atoms with Gasteiger partial charge in [-0.25, -0.2) is 8.42 Å². The van der Waals surface area contributed by atoms with Crippen molar-refractivity contribution in [1.82, 2.24) is 5.32 Å². The zero-order valence-electron chi connectivity index (χ0n) is 9.02. The molecule has 88 valence electrons. The summed E-state index contributed by atoms with van der Waals surface area (Å²) >= 11 is 0. The number of nitrogens with one attached hydrogen (secondary N) is 1. The largest absolute Gasteiger partial charge is 0.468 e. The van der Waals surface area contributed by atoms with Crippen LogP contribution in [0.1, 0.15) is 19.8 Å². The Bertz CT molecular complexity index is 325. The number of rotatable bonds is 4. The van der Waals surface area contributed by atoms with Crippen LogP contribution in [-0.2, 0) is 19.4 Å². The second kappa shape index (κ2) is 4.94. The van der Waals surface area contributed by atoms with Gasteiger partial charge in [0.05, 0.1) is 18.6 Å². The van der Waals surface area contributed by atoms with Crippen molar-refractivity contribution in [3.05, 3.63) is 0 Å². The van der Waals surface area contributed by atoms with E-state index < -0.39 is 15.9 Å². The number of esters is 1. The second-order valence-electron chi connectivity index (χ2n) is 3.75. The monoisotopic (exact) mass is 235 g/mol. The van der Waals surface area contributed by atoms with Crippen molar-refractivity contribution in [1.29, 1.82) is 0 Å². The maximum absolute atomic E-state index is 11.3. The number of ether oxygens (including phenoxy) is 1. The van der Waals surface area contributed by atoms with Crippen molar-refractivity contribution >= 4 is 15.8 Å². The molecule has 1 fully saturated rings. The zero-order valence-corrected chi connectivity index (χ0v) is 9.84. The van der Waals surface area contributed by atoms with Gasteiger partial charge in [-0.05, 0) is 12.8 Å². The van der Waals surface area contributed by atoms with Crippen LogP contribution < -0.4 is 5.32 Å². The molecule has 0 amide bonds. The maximum atomic E-state index is 11.3. The van der Waals surface area contributed by atoms with E-state index >= 15 is 0 Å². The molecule has 1 rings (SSSR count). The highest BCUT2D eigenvalue weighted by molar-refractivity contribution is 7.91. The number of sulfone groups is 1. The average molecular weight is 235 g/mol. The molecule has 15 heavy (non-hydrogen) atoms. The fraction of sp³-hybridized carbons (Fsp3) is 0.889. The van der Waals surface area contributed by atoms with Crippen LogP contribution in [0.25, 0.3) is 0 Å². The highest BCUT2D eigenvalue weighted by atomic mass is 32.2. The summed E-state index contributed by atoms with van der Waals surface area (Å²) in [6.07, 6.45) is 1.18. The van der Waals surface area contributed by atoms with Crippen LogP contribution in [-0.4, -0.2) is 45.1 Å². The Morgan fingerprint density at radius 3 is 2.67 bits per heavy atom. The number of methoxy groups -OCH3 is 1. The molecule has 0 saturated carbocycles. The van der Waals surface area contributed by atoms with Gasteiger partial charge in [0.15, 0.2) is 9.84 Å². The van der Waals surface area contributed by atoms with E-state index in [2.05, 4.69) is 10.1 Å². The Morgan fingerprint density at radius 2 is 2.27 bits per heavy atom. The first-order valence-corrected chi connectivity index (χ1v) is 6.85. The molecule has 1 aliphatic rings. The summed E-state index contributed by atoms with van der Waals surface area (Å²) in [5.74, 6) is 0.00441. The number of carbonyl (C=O) groups is 1. The lowest BCUT2D eigenvalue weighted by Gasteiger charge is -2.18. The van der Waals surface area contributed by atoms with Crippen LogP contribution in [0.15, 0.2) is 0 Å². The van der Waals surface area contributed by atoms with Gasteiger partial charge in [-0.3, -0.25) is 4.79 Å². The molecular weight excluding hydrogens is 218 g/mol. The van der Waals surface area contributed by atoms with Gasteiger partial charge in [0.25, 0.3) is 0 Å². The van der Waals surface area contributed by atoms with Crippen molar-refractivity contribution in [3.63, 3.8) is 0 Å². The van der Waals surface area contributed by atoms with Crippen LogP contribution in [0.3, 0.4) is 0 Å². The predicted molar refractivity (Wildman–Crippen MR) is 56.3 cm³/mol. The highest BCUT2D eigenvalue weighted by Crippen LogP contribution is 2.12. The van der Waals surface area contributed by atoms with Crippen molar-refractivity contribution in [2.24, 2.45) is 0 Å². The van der Waals surface area contributed by atoms with E-state index in [0.29, 0.717) is 12.8 Å². The lowest BCUT2D eigenvalue weighted by atomic mass is 10.2. The van der Waals surface area contributed by atoms with Crippen LogP contribution in [0, 0.1) is 0 Å². The second-order valence-corrected chi connectivity index (χ2v) is 5.98. The molecule has 0 aromatic heterocycles. The number of hydrogen-bond donors (Lipinski definition) is 1. The minimum absolute atomic E-state index is 0.112. The van der Waals surface area contributed by atoms with Gasteiger partial charge in [0, 0.05) is 6.04 Å². The van der Waals surface area contributed by atoms with Crippen LogP contribution in [0.5, 0.6) is 0 Å². The van der Waals surface area contributed by atoms with Gasteiger partial charge in [-0.2, -0.15) is 0 Å². The Hall–Kier alpha value is -0.620. The maximum Gasteiger partial charge on any atom is 0.322 e. The smallest absolute Gasteiger partial charge is 0.322 e. The van der Waals surface area contributed by atoms with E-state index in [-0.39, 0.29) is 23.5 Å². The molecule has 2 unspecified atom stereocenters. The molecule has 1 saturated heterocycles. The first kappa shape index (κ1) is 12.4. The van der Waals surface area contributed by atoms with Gasteiger partial charge in [0.2, 0.25) is 0 Å². The van der Waals surface area contributed by atoms with Gasteiger partial charge in [-0.15, -0.1) is 0 Å². The van der Waals surface area contributed by atoms with Crippen LogP contribution in [0.4, 0.5) is 0 Å². The summed E-state index contributed by atoms with van der Waals surface area (Å²) in [6.45, 7) is 1.86. The van der Waals surface area contributed by atoms with Crippen molar-refractivity contribution < 1.29 is 17.9 Å². The summed E-state index contributed by atoms with van der Waals surface area (Å²) in [4.78, 5) is 11.3. The molecule has 5 nitrogen and oxygen atoms in total. The molecule has 0 aliphatic carbocycles. The van der Waals surface area contributed by atoms with Crippen molar-refractivity contribution in [2.45, 2.75) is 31.8 Å². The molecule has 1 aliphatic heterocycles. The van der Waals surface area contributed by atoms with Gasteiger partial charge < -0.3 is 10.1 Å². The molecule has 0 aromatic carbocycles. The molecule has 1 heterocycles. The number of carbonyl (C=O) groups excluding carboxylic acids is 1. The SMILES string of the molecule is CCC(NC1CCS(=O)(=O)C1)C(=O)OC. The molecule has 0 aromatic rings. The normalized spacial score (nSPS) is 26.1. The standard InChI is InChI=1S/C9H17NO4S/c1-3-8(9(11)14-2)10-7-4-5-15(12,13)6-7/h7-8,10H,3-6H2,1-2H3. The third-order valence-electron chi connectivity index (χ3n) is 2.56. The Balaban J connectivity index is 2.51. The van der Waals surface area contributed by atoms with E-state index in [1.165, 1.54) is 7.11 Å². The van der Waals surface area contributed by atoms with Crippen LogP contribution in [0.2, 0.25) is 0 Å². The summed E-state index contributed by atoms with van der Waals surface area (Å²) in [6, 6.07) is -0.507. The zero-order chi connectivity index (χ0) is 11.5. The van der Waals surface area contributed by atoms with Gasteiger partial charge in [0.1, 0.15) is 6.04 Å². The molecule has 6 heteroatoms. The summed E-state index contributed by atoms with van der Waals surface area (Å²) in [7, 11) is -1.56. The third-order valence-corrected chi connectivity index (χ3v) is 4.33. The predicted octanol–water partition coefficient (Wildman–Crippen LogP) is -0.285. The van der Waals surface area contributed by atoms with Crippen molar-refractivity contribution in [2.75, 3.05) is 18.6 Å². The first-order valence-electron chi connectivity index (χ1n) is 5.03. The van der Waals surface area contributed by atoms with Gasteiger partial charge >= 0.3 is 5.97 Å². The lowest BCUT2D eigenvalue weighted by Crippen LogP contribution is -2.44. The van der Waals surface area contributed by atoms with E-state index in [1.807, 2.05) is 6.92 Å². The van der Waals surface area contributed by atoms with Crippen molar-refractivity contribution in [3.8, 4) is 0 Å². The van der Waals surface area contributed by atoms with Crippen LogP contribution >= 0.6 is 0 Å². The minimum atomic E-state index is -2.90. The quantitative estimate of drug-likeness (QED) is 0.678. The summed E-state index contributed by atoms with van der Waals surface area (Å²) in [5.41, 5.74) is 0. The summed E-state index contributed by atoms with van der Waals surface area (Å²) < 4.78 is 27.0. The van der Waals surface area contributed by atoms with E-state index in [0.717, 1.165) is 0 Å². The average Bonchev–Trinajstić information content (AvgIpc) is 2.53. The van der Waals surface area contributed by atoms with Gasteiger partial charge in [-0.1, -0.05) is 6.92 Å². The highest BCUT2D eigenvalue weighted by Gasteiger charge is 2.30. The summed E-state index contributed by atoms with van der Waals surface area (Å²) in [5, 5.41) is 3.02. The fourth-order valence-corrected chi connectivity index (χ4v) is 3.39. The molecule has 1 N–H and O–H groups in total. The van der Waals surface area contributed by atoms with E-state index in [4.69, 9.17) is 0 Å².